The number of fused-ring (bicyclic) bond motifs is 4. The maximum atomic E-state index is 13.2. The van der Waals surface area contributed by atoms with E-state index in [0.717, 1.165) is 44.2 Å². The predicted octanol–water partition coefficient (Wildman–Crippen LogP) is 5.77. The molecule has 0 radical (unpaired) electrons. The van der Waals surface area contributed by atoms with E-state index in [1.165, 1.54) is 16.7 Å². The molecule has 2 saturated carbocycles. The molecular formula is C29H33NO2. The Morgan fingerprint density at radius 3 is 2.56 bits per heavy atom. The highest BCUT2D eigenvalue weighted by molar-refractivity contribution is 5.93. The number of Topliss-reactive ketones (excluding diaryl/α,β-unsaturated/α-hetero) is 1. The van der Waals surface area contributed by atoms with Crippen molar-refractivity contribution in [2.75, 3.05) is 5.73 Å². The summed E-state index contributed by atoms with van der Waals surface area (Å²) in [6, 6.07) is 8.31. The fourth-order valence-electron chi connectivity index (χ4n) is 7.80. The third kappa shape index (κ3) is 2.88. The largest absolute Gasteiger partial charge is 0.399 e. The minimum Gasteiger partial charge on any atom is -0.399 e. The Morgan fingerprint density at radius 1 is 1.12 bits per heavy atom. The van der Waals surface area contributed by atoms with E-state index in [1.807, 2.05) is 25.1 Å². The summed E-state index contributed by atoms with van der Waals surface area (Å²) in [5, 5.41) is 0. The van der Waals surface area contributed by atoms with Crippen LogP contribution in [0.25, 0.3) is 0 Å². The number of rotatable bonds is 2. The lowest BCUT2D eigenvalue weighted by Crippen LogP contribution is -2.50. The van der Waals surface area contributed by atoms with E-state index in [-0.39, 0.29) is 22.9 Å². The van der Waals surface area contributed by atoms with E-state index in [1.54, 1.807) is 12.5 Å². The Balaban J connectivity index is 1.72. The van der Waals surface area contributed by atoms with Crippen LogP contribution in [0.3, 0.4) is 0 Å². The van der Waals surface area contributed by atoms with Gasteiger partial charge in [0.1, 0.15) is 5.78 Å². The van der Waals surface area contributed by atoms with Crippen molar-refractivity contribution in [3.8, 4) is 11.8 Å². The lowest BCUT2D eigenvalue weighted by Gasteiger charge is -2.54. The highest BCUT2D eigenvalue weighted by atomic mass is 16.1. The smallest absolute Gasteiger partial charge is 0.156 e. The molecule has 32 heavy (non-hydrogen) atoms. The van der Waals surface area contributed by atoms with Gasteiger partial charge in [0.2, 0.25) is 0 Å². The van der Waals surface area contributed by atoms with Crippen LogP contribution in [0.5, 0.6) is 0 Å². The van der Waals surface area contributed by atoms with Crippen LogP contribution in [-0.4, -0.2) is 11.6 Å². The lowest BCUT2D eigenvalue weighted by atomic mass is 9.48. The second-order valence-corrected chi connectivity index (χ2v) is 10.5. The average Bonchev–Trinajstić information content (AvgIpc) is 3.07. The lowest BCUT2D eigenvalue weighted by molar-refractivity contribution is -0.130. The van der Waals surface area contributed by atoms with Gasteiger partial charge < -0.3 is 5.73 Å². The van der Waals surface area contributed by atoms with Crippen molar-refractivity contribution in [2.24, 2.45) is 22.7 Å². The molecule has 1 aromatic carbocycles. The monoisotopic (exact) mass is 427 g/mol. The highest BCUT2D eigenvalue weighted by Crippen LogP contribution is 2.69. The van der Waals surface area contributed by atoms with Gasteiger partial charge in [-0.2, -0.15) is 0 Å². The molecule has 166 valence electrons. The van der Waals surface area contributed by atoms with Crippen molar-refractivity contribution in [3.05, 3.63) is 52.6 Å². The first-order chi connectivity index (χ1) is 15.3. The maximum absolute atomic E-state index is 13.2. The highest BCUT2D eigenvalue weighted by Gasteiger charge is 2.64. The van der Waals surface area contributed by atoms with Gasteiger partial charge in [0, 0.05) is 18.0 Å². The second-order valence-electron chi connectivity index (χ2n) is 10.5. The molecule has 4 aliphatic rings. The molecule has 4 unspecified atom stereocenters. The Labute approximate surface area is 191 Å². The van der Waals surface area contributed by atoms with Gasteiger partial charge in [-0.1, -0.05) is 30.6 Å². The standard InChI is InChI=1S/C29H33NO2/c1-4-14-29(18(2)31)15-13-26-24-11-7-20-16-22(32)10-12-23(20)27(24)25(17-28(26,29)3)19-5-8-21(30)9-6-19/h5-6,8-9,16,24-26H,7,10-13,15,17,30H2,1-3H3/t24?,25?,26?,28?,29-/m1/s1. The molecule has 4 aliphatic carbocycles. The number of benzene rings is 1. The van der Waals surface area contributed by atoms with Crippen molar-refractivity contribution >= 4 is 17.3 Å². The second kappa shape index (κ2) is 7.48. The molecule has 0 saturated heterocycles. The zero-order valence-electron chi connectivity index (χ0n) is 19.5. The third-order valence-electron chi connectivity index (χ3n) is 9.21. The van der Waals surface area contributed by atoms with Crippen molar-refractivity contribution in [1.82, 2.24) is 0 Å². The average molecular weight is 428 g/mol. The fourth-order valence-corrected chi connectivity index (χ4v) is 7.80. The molecule has 0 aliphatic heterocycles. The number of ketones is 2. The number of allylic oxidation sites excluding steroid dienone is 4. The summed E-state index contributed by atoms with van der Waals surface area (Å²) >= 11 is 0. The molecule has 2 N–H and O–H groups in total. The summed E-state index contributed by atoms with van der Waals surface area (Å²) in [7, 11) is 0. The van der Waals surface area contributed by atoms with Crippen LogP contribution in [-0.2, 0) is 9.59 Å². The van der Waals surface area contributed by atoms with Gasteiger partial charge in [0.15, 0.2) is 5.78 Å². The SMILES string of the molecule is CC#C[C@]1(C(C)=O)CCC2C3CCC4=CC(=O)CCC4=C3C(c3ccc(N)cc3)CC21C. The van der Waals surface area contributed by atoms with Gasteiger partial charge in [-0.15, -0.1) is 5.92 Å². The molecule has 3 heteroatoms. The van der Waals surface area contributed by atoms with E-state index < -0.39 is 5.41 Å². The van der Waals surface area contributed by atoms with E-state index in [9.17, 15) is 9.59 Å². The molecule has 2 fully saturated rings. The molecule has 5 rings (SSSR count). The summed E-state index contributed by atoms with van der Waals surface area (Å²) < 4.78 is 0. The minimum atomic E-state index is -0.562. The number of hydrogen-bond acceptors (Lipinski definition) is 3. The molecule has 3 nitrogen and oxygen atoms in total. The van der Waals surface area contributed by atoms with Crippen LogP contribution in [0.4, 0.5) is 5.69 Å². The Hall–Kier alpha value is -2.60. The van der Waals surface area contributed by atoms with Gasteiger partial charge >= 0.3 is 0 Å². The topological polar surface area (TPSA) is 60.2 Å². The zero-order valence-corrected chi connectivity index (χ0v) is 19.5. The van der Waals surface area contributed by atoms with Crippen LogP contribution in [0, 0.1) is 34.5 Å². The third-order valence-corrected chi connectivity index (χ3v) is 9.21. The number of carbonyl (C=O) groups excluding carboxylic acids is 2. The van der Waals surface area contributed by atoms with Crippen LogP contribution in [0.1, 0.15) is 77.2 Å². The fraction of sp³-hybridized carbons (Fsp3) is 0.517. The van der Waals surface area contributed by atoms with Crippen molar-refractivity contribution in [1.29, 1.82) is 0 Å². The minimum absolute atomic E-state index is 0.158. The maximum Gasteiger partial charge on any atom is 0.156 e. The van der Waals surface area contributed by atoms with Gasteiger partial charge in [0.05, 0.1) is 5.41 Å². The van der Waals surface area contributed by atoms with Crippen LogP contribution in [0.15, 0.2) is 47.1 Å². The van der Waals surface area contributed by atoms with Gasteiger partial charge in [0.25, 0.3) is 0 Å². The van der Waals surface area contributed by atoms with Crippen molar-refractivity contribution < 1.29 is 9.59 Å². The van der Waals surface area contributed by atoms with Crippen LogP contribution >= 0.6 is 0 Å². The Morgan fingerprint density at radius 2 is 1.88 bits per heavy atom. The first-order valence-electron chi connectivity index (χ1n) is 12.1. The number of carbonyl (C=O) groups is 2. The van der Waals surface area contributed by atoms with Gasteiger partial charge in [-0.05, 0) is 105 Å². The first kappa shape index (κ1) is 21.3. The summed E-state index contributed by atoms with van der Waals surface area (Å²) in [6.07, 6.45) is 8.26. The summed E-state index contributed by atoms with van der Waals surface area (Å²) in [5.74, 6) is 8.22. The van der Waals surface area contributed by atoms with Gasteiger partial charge in [-0.25, -0.2) is 0 Å². The zero-order chi connectivity index (χ0) is 22.7. The normalized spacial score (nSPS) is 35.8. The molecular weight excluding hydrogens is 394 g/mol. The number of anilines is 1. The van der Waals surface area contributed by atoms with E-state index in [2.05, 4.69) is 30.9 Å². The first-order valence-corrected chi connectivity index (χ1v) is 12.1. The van der Waals surface area contributed by atoms with E-state index in [4.69, 9.17) is 5.73 Å². The molecule has 0 aromatic heterocycles. The van der Waals surface area contributed by atoms with Crippen LogP contribution < -0.4 is 5.73 Å². The molecule has 0 amide bonds. The summed E-state index contributed by atoms with van der Waals surface area (Å²) in [5.41, 5.74) is 11.6. The molecule has 5 atom stereocenters. The Kier molecular flexibility index (Phi) is 4.97. The number of nitrogens with two attached hydrogens (primary N) is 1. The van der Waals surface area contributed by atoms with Crippen molar-refractivity contribution in [3.63, 3.8) is 0 Å². The Bertz CT molecular complexity index is 1110. The van der Waals surface area contributed by atoms with Gasteiger partial charge in [-0.3, -0.25) is 9.59 Å². The van der Waals surface area contributed by atoms with Crippen molar-refractivity contribution in [2.45, 2.75) is 71.6 Å². The van der Waals surface area contributed by atoms with E-state index in [0.29, 0.717) is 18.3 Å². The summed E-state index contributed by atoms with van der Waals surface area (Å²) in [6.45, 7) is 5.96. The molecule has 0 heterocycles. The van der Waals surface area contributed by atoms with E-state index >= 15 is 0 Å². The molecule has 0 bridgehead atoms. The molecule has 0 spiro atoms. The molecule has 1 aromatic rings. The quantitative estimate of drug-likeness (QED) is 0.482. The summed E-state index contributed by atoms with van der Waals surface area (Å²) in [4.78, 5) is 25.3. The predicted molar refractivity (Wildman–Crippen MR) is 128 cm³/mol. The number of hydrogen-bond donors (Lipinski definition) is 1. The van der Waals surface area contributed by atoms with Crippen LogP contribution in [0.2, 0.25) is 0 Å². The number of nitrogen functional groups attached to an aromatic ring is 1.